The number of methoxy groups -OCH3 is 1. The van der Waals surface area contributed by atoms with Gasteiger partial charge in [0.2, 0.25) is 5.91 Å². The molecule has 3 N–H and O–H groups in total. The Bertz CT molecular complexity index is 1120. The zero-order valence-electron chi connectivity index (χ0n) is 19.9. The van der Waals surface area contributed by atoms with Crippen LogP contribution in [0.25, 0.3) is 0 Å². The zero-order valence-corrected chi connectivity index (χ0v) is 19.9. The van der Waals surface area contributed by atoms with Crippen LogP contribution in [0.15, 0.2) is 78.9 Å². The van der Waals surface area contributed by atoms with Crippen LogP contribution in [0.5, 0.6) is 0 Å². The highest BCUT2D eigenvalue weighted by molar-refractivity contribution is 6.06. The van der Waals surface area contributed by atoms with E-state index in [1.165, 1.54) is 0 Å². The molecule has 0 aliphatic carbocycles. The van der Waals surface area contributed by atoms with Crippen molar-refractivity contribution in [2.45, 2.75) is 6.92 Å². The number of rotatable bonds is 11. The van der Waals surface area contributed by atoms with Gasteiger partial charge in [-0.25, -0.2) is 0 Å². The average Bonchev–Trinajstić information content (AvgIpc) is 2.89. The van der Waals surface area contributed by atoms with Crippen molar-refractivity contribution >= 4 is 34.8 Å². The molecule has 0 heterocycles. The zero-order chi connectivity index (χ0) is 25.0. The SMILES string of the molecule is CCN(C(=O)c1ccc(NC(=O)CNc2ccc(C(=O)NCCOC)cc2)cc1)c1ccccc1. The Morgan fingerprint density at radius 2 is 1.46 bits per heavy atom. The summed E-state index contributed by atoms with van der Waals surface area (Å²) >= 11 is 0. The van der Waals surface area contributed by atoms with Crippen LogP contribution >= 0.6 is 0 Å². The summed E-state index contributed by atoms with van der Waals surface area (Å²) in [6, 6.07) is 23.2. The van der Waals surface area contributed by atoms with Crippen molar-refractivity contribution in [2.75, 3.05) is 48.9 Å². The summed E-state index contributed by atoms with van der Waals surface area (Å²) in [4.78, 5) is 39.0. The molecule has 3 aromatic rings. The van der Waals surface area contributed by atoms with Gasteiger partial charge in [0, 0.05) is 48.4 Å². The number of hydrogen-bond acceptors (Lipinski definition) is 5. The van der Waals surface area contributed by atoms with Crippen LogP contribution < -0.4 is 20.9 Å². The quantitative estimate of drug-likeness (QED) is 0.367. The van der Waals surface area contributed by atoms with E-state index < -0.39 is 0 Å². The Balaban J connectivity index is 1.50. The van der Waals surface area contributed by atoms with E-state index >= 15 is 0 Å². The topological polar surface area (TPSA) is 99.8 Å². The van der Waals surface area contributed by atoms with E-state index in [9.17, 15) is 14.4 Å². The Labute approximate surface area is 205 Å². The monoisotopic (exact) mass is 474 g/mol. The van der Waals surface area contributed by atoms with Crippen molar-refractivity contribution in [2.24, 2.45) is 0 Å². The lowest BCUT2D eigenvalue weighted by atomic mass is 10.1. The first-order valence-corrected chi connectivity index (χ1v) is 11.4. The third-order valence-corrected chi connectivity index (χ3v) is 5.24. The Morgan fingerprint density at radius 3 is 2.09 bits per heavy atom. The molecule has 0 aliphatic rings. The first-order chi connectivity index (χ1) is 17.0. The van der Waals surface area contributed by atoms with Crippen molar-refractivity contribution in [1.29, 1.82) is 0 Å². The summed E-state index contributed by atoms with van der Waals surface area (Å²) in [6.07, 6.45) is 0. The molecule has 35 heavy (non-hydrogen) atoms. The number of hydrogen-bond donors (Lipinski definition) is 3. The Hall–Kier alpha value is -4.17. The number of nitrogens with one attached hydrogen (secondary N) is 3. The molecule has 0 spiro atoms. The summed E-state index contributed by atoms with van der Waals surface area (Å²) in [5.74, 6) is -0.516. The van der Waals surface area contributed by atoms with Gasteiger partial charge < -0.3 is 25.6 Å². The molecule has 8 nitrogen and oxygen atoms in total. The van der Waals surface area contributed by atoms with E-state index in [1.54, 1.807) is 60.5 Å². The first-order valence-electron chi connectivity index (χ1n) is 11.4. The number of carbonyl (C=O) groups is 3. The van der Waals surface area contributed by atoms with Crippen LogP contribution in [0, 0.1) is 0 Å². The predicted molar refractivity (Wildman–Crippen MR) is 138 cm³/mol. The fraction of sp³-hybridized carbons (Fsp3) is 0.222. The number of nitrogens with zero attached hydrogens (tertiary/aromatic N) is 1. The standard InChI is InChI=1S/C27H30N4O4/c1-3-31(24-7-5-4-6-8-24)27(34)21-11-15-23(16-12-21)30-25(32)19-29-22-13-9-20(10-14-22)26(33)28-17-18-35-2/h4-16,29H,3,17-19H2,1-2H3,(H,28,33)(H,30,32). The fourth-order valence-corrected chi connectivity index (χ4v) is 3.40. The van der Waals surface area contributed by atoms with E-state index in [2.05, 4.69) is 16.0 Å². The summed E-state index contributed by atoms with van der Waals surface area (Å²) in [5.41, 5.74) is 3.22. The van der Waals surface area contributed by atoms with Gasteiger partial charge >= 0.3 is 0 Å². The lowest BCUT2D eigenvalue weighted by Crippen LogP contribution is -2.30. The molecule has 0 fully saturated rings. The molecule has 0 saturated heterocycles. The highest BCUT2D eigenvalue weighted by Gasteiger charge is 2.16. The van der Waals surface area contributed by atoms with Crippen molar-refractivity contribution < 1.29 is 19.1 Å². The summed E-state index contributed by atoms with van der Waals surface area (Å²) in [6.45, 7) is 3.42. The second-order valence-corrected chi connectivity index (χ2v) is 7.69. The molecule has 0 saturated carbocycles. The lowest BCUT2D eigenvalue weighted by Gasteiger charge is -2.21. The lowest BCUT2D eigenvalue weighted by molar-refractivity contribution is -0.114. The molecule has 3 rings (SSSR count). The van der Waals surface area contributed by atoms with Crippen LogP contribution in [-0.4, -0.2) is 51.1 Å². The third kappa shape index (κ3) is 7.41. The fourth-order valence-electron chi connectivity index (χ4n) is 3.40. The van der Waals surface area contributed by atoms with Crippen LogP contribution in [0.4, 0.5) is 17.1 Å². The molecule has 182 valence electrons. The minimum absolute atomic E-state index is 0.0533. The number of benzene rings is 3. The van der Waals surface area contributed by atoms with Gasteiger partial charge in [-0.05, 0) is 67.6 Å². The van der Waals surface area contributed by atoms with Gasteiger partial charge in [-0.15, -0.1) is 0 Å². The first kappa shape index (κ1) is 25.5. The minimum Gasteiger partial charge on any atom is -0.383 e. The largest absolute Gasteiger partial charge is 0.383 e. The van der Waals surface area contributed by atoms with E-state index in [-0.39, 0.29) is 24.3 Å². The maximum atomic E-state index is 12.9. The number of para-hydroxylation sites is 1. The molecule has 3 aromatic carbocycles. The van der Waals surface area contributed by atoms with Crippen molar-refractivity contribution in [1.82, 2.24) is 5.32 Å². The van der Waals surface area contributed by atoms with E-state index in [0.29, 0.717) is 36.5 Å². The predicted octanol–water partition coefficient (Wildman–Crippen LogP) is 3.78. The van der Waals surface area contributed by atoms with Gasteiger partial charge in [-0.2, -0.15) is 0 Å². The van der Waals surface area contributed by atoms with Crippen molar-refractivity contribution in [3.63, 3.8) is 0 Å². The maximum Gasteiger partial charge on any atom is 0.258 e. The molecule has 3 amide bonds. The third-order valence-electron chi connectivity index (χ3n) is 5.24. The highest BCUT2D eigenvalue weighted by atomic mass is 16.5. The molecule has 0 radical (unpaired) electrons. The van der Waals surface area contributed by atoms with Gasteiger partial charge in [0.15, 0.2) is 0 Å². The smallest absolute Gasteiger partial charge is 0.258 e. The molecular weight excluding hydrogens is 444 g/mol. The van der Waals surface area contributed by atoms with Crippen LogP contribution in [-0.2, 0) is 9.53 Å². The van der Waals surface area contributed by atoms with E-state index in [1.807, 2.05) is 37.3 Å². The number of amides is 3. The number of ether oxygens (including phenoxy) is 1. The number of anilines is 3. The average molecular weight is 475 g/mol. The van der Waals surface area contributed by atoms with Gasteiger partial charge in [-0.3, -0.25) is 14.4 Å². The Kier molecular flexibility index (Phi) is 9.39. The maximum absolute atomic E-state index is 12.9. The second kappa shape index (κ2) is 12.9. The molecular formula is C27H30N4O4. The molecule has 8 heteroatoms. The van der Waals surface area contributed by atoms with Crippen LogP contribution in [0.3, 0.4) is 0 Å². The highest BCUT2D eigenvalue weighted by Crippen LogP contribution is 2.18. The second-order valence-electron chi connectivity index (χ2n) is 7.69. The van der Waals surface area contributed by atoms with Gasteiger partial charge in [0.1, 0.15) is 0 Å². The van der Waals surface area contributed by atoms with Gasteiger partial charge in [0.05, 0.1) is 13.2 Å². The minimum atomic E-state index is -0.232. The van der Waals surface area contributed by atoms with Crippen LogP contribution in [0.1, 0.15) is 27.6 Å². The molecule has 0 unspecified atom stereocenters. The Morgan fingerprint density at radius 1 is 0.829 bits per heavy atom. The molecule has 0 aliphatic heterocycles. The molecule has 0 aromatic heterocycles. The summed E-state index contributed by atoms with van der Waals surface area (Å²) < 4.78 is 4.91. The van der Waals surface area contributed by atoms with E-state index in [0.717, 1.165) is 11.4 Å². The molecule has 0 bridgehead atoms. The van der Waals surface area contributed by atoms with Crippen molar-refractivity contribution in [3.8, 4) is 0 Å². The van der Waals surface area contributed by atoms with Crippen LogP contribution in [0.2, 0.25) is 0 Å². The van der Waals surface area contributed by atoms with Crippen molar-refractivity contribution in [3.05, 3.63) is 90.0 Å². The normalized spacial score (nSPS) is 10.3. The summed E-state index contributed by atoms with van der Waals surface area (Å²) in [5, 5.41) is 8.59. The summed E-state index contributed by atoms with van der Waals surface area (Å²) in [7, 11) is 1.58. The van der Waals surface area contributed by atoms with E-state index in [4.69, 9.17) is 4.74 Å². The molecule has 0 atom stereocenters. The number of carbonyl (C=O) groups excluding carboxylic acids is 3. The van der Waals surface area contributed by atoms with Gasteiger partial charge in [0.25, 0.3) is 11.8 Å². The van der Waals surface area contributed by atoms with Gasteiger partial charge in [-0.1, -0.05) is 18.2 Å².